The quantitative estimate of drug-likeness (QED) is 0.126. The van der Waals surface area contributed by atoms with Gasteiger partial charge in [-0.05, 0) is 25.0 Å². The number of nitrogens with one attached hydrogen (secondary N) is 3. The first-order valence-corrected chi connectivity index (χ1v) is 9.50. The highest BCUT2D eigenvalue weighted by Gasteiger charge is 2.15. The van der Waals surface area contributed by atoms with Crippen LogP contribution in [0.25, 0.3) is 0 Å². The minimum atomic E-state index is -1.63. The molecule has 0 aromatic heterocycles. The lowest BCUT2D eigenvalue weighted by Gasteiger charge is -2.16. The lowest BCUT2D eigenvalue weighted by Crippen LogP contribution is -2.42. The monoisotopic (exact) mass is 528 g/mol. The molecule has 2 rings (SSSR count). The minimum Gasteiger partial charge on any atom is -0.376 e. The summed E-state index contributed by atoms with van der Waals surface area (Å²) in [6.07, 6.45) is 7.43. The van der Waals surface area contributed by atoms with Crippen LogP contribution in [0.5, 0.6) is 0 Å². The molecule has 1 amide bonds. The van der Waals surface area contributed by atoms with Crippen molar-refractivity contribution in [3.05, 3.63) is 29.6 Å². The van der Waals surface area contributed by atoms with E-state index in [9.17, 15) is 18.0 Å². The second kappa shape index (κ2) is 13.6. The van der Waals surface area contributed by atoms with E-state index < -0.39 is 29.0 Å². The average molecular weight is 528 g/mol. The topological polar surface area (TPSA) is 74.8 Å². The fourth-order valence-electron chi connectivity index (χ4n) is 3.01. The maximum absolute atomic E-state index is 13.6. The molecular formula is C19H28F3IN4O2. The van der Waals surface area contributed by atoms with E-state index in [2.05, 4.69) is 20.9 Å². The Morgan fingerprint density at radius 2 is 1.79 bits per heavy atom. The molecule has 6 nitrogen and oxygen atoms in total. The van der Waals surface area contributed by atoms with Crippen LogP contribution in [0.4, 0.5) is 18.9 Å². The zero-order valence-electron chi connectivity index (χ0n) is 16.4. The van der Waals surface area contributed by atoms with Gasteiger partial charge in [0, 0.05) is 13.6 Å². The zero-order valence-corrected chi connectivity index (χ0v) is 18.7. The molecule has 1 aliphatic carbocycles. The first-order valence-electron chi connectivity index (χ1n) is 9.50. The van der Waals surface area contributed by atoms with Crippen LogP contribution in [0.15, 0.2) is 17.1 Å². The molecule has 29 heavy (non-hydrogen) atoms. The van der Waals surface area contributed by atoms with E-state index in [-0.39, 0.29) is 30.5 Å². The standard InChI is InChI=1S/C19H27F3N4O2.HI/c1-23-19(24-10-11-28-13-6-4-2-3-5-7-13)25-12-16(27)26-15-9-8-14(20)17(21)18(15)22;/h8-9,13H,2-7,10-12H2,1H3,(H,26,27)(H2,23,24,25);1H. The number of aliphatic imine (C=N–C) groups is 1. The van der Waals surface area contributed by atoms with Gasteiger partial charge in [-0.15, -0.1) is 24.0 Å². The number of amides is 1. The van der Waals surface area contributed by atoms with Gasteiger partial charge in [-0.1, -0.05) is 25.7 Å². The Morgan fingerprint density at radius 3 is 2.45 bits per heavy atom. The molecule has 164 valence electrons. The summed E-state index contributed by atoms with van der Waals surface area (Å²) >= 11 is 0. The lowest BCUT2D eigenvalue weighted by atomic mass is 10.1. The van der Waals surface area contributed by atoms with E-state index >= 15 is 0 Å². The number of hydrogen-bond acceptors (Lipinski definition) is 3. The van der Waals surface area contributed by atoms with Gasteiger partial charge in [0.05, 0.1) is 24.9 Å². The van der Waals surface area contributed by atoms with Gasteiger partial charge in [0.2, 0.25) is 5.91 Å². The number of halogens is 4. The number of ether oxygens (including phenoxy) is 1. The van der Waals surface area contributed by atoms with Gasteiger partial charge < -0.3 is 20.7 Å². The van der Waals surface area contributed by atoms with Crippen LogP contribution < -0.4 is 16.0 Å². The second-order valence-electron chi connectivity index (χ2n) is 6.61. The van der Waals surface area contributed by atoms with Crippen LogP contribution in [0.2, 0.25) is 0 Å². The van der Waals surface area contributed by atoms with Crippen LogP contribution in [0, 0.1) is 17.5 Å². The highest BCUT2D eigenvalue weighted by molar-refractivity contribution is 14.0. The summed E-state index contributed by atoms with van der Waals surface area (Å²) in [5, 5.41) is 7.97. The van der Waals surface area contributed by atoms with Gasteiger partial charge in [0.1, 0.15) is 0 Å². The summed E-state index contributed by atoms with van der Waals surface area (Å²) in [6.45, 7) is 0.828. The van der Waals surface area contributed by atoms with Crippen LogP contribution >= 0.6 is 24.0 Å². The molecular weight excluding hydrogens is 500 g/mol. The summed E-state index contributed by atoms with van der Waals surface area (Å²) in [5.41, 5.74) is -0.426. The molecule has 0 heterocycles. The third-order valence-electron chi connectivity index (χ3n) is 4.50. The Bertz CT molecular complexity index is 684. The Kier molecular flexibility index (Phi) is 12.0. The number of guanidine groups is 1. The van der Waals surface area contributed by atoms with Crippen molar-refractivity contribution in [2.75, 3.05) is 32.1 Å². The highest BCUT2D eigenvalue weighted by Crippen LogP contribution is 2.20. The molecule has 0 bridgehead atoms. The maximum Gasteiger partial charge on any atom is 0.243 e. The van der Waals surface area contributed by atoms with E-state index in [0.29, 0.717) is 25.2 Å². The van der Waals surface area contributed by atoms with Crippen molar-refractivity contribution in [3.8, 4) is 0 Å². The number of carbonyl (C=O) groups is 1. The highest BCUT2D eigenvalue weighted by atomic mass is 127. The molecule has 1 aromatic rings. The van der Waals surface area contributed by atoms with Crippen LogP contribution in [0.3, 0.4) is 0 Å². The number of anilines is 1. The fraction of sp³-hybridized carbons (Fsp3) is 0.579. The van der Waals surface area contributed by atoms with Gasteiger partial charge >= 0.3 is 0 Å². The van der Waals surface area contributed by atoms with Crippen molar-refractivity contribution in [3.63, 3.8) is 0 Å². The molecule has 0 atom stereocenters. The van der Waals surface area contributed by atoms with E-state index in [1.54, 1.807) is 7.05 Å². The minimum absolute atomic E-state index is 0. The van der Waals surface area contributed by atoms with Crippen molar-refractivity contribution in [2.24, 2.45) is 4.99 Å². The molecule has 0 radical (unpaired) electrons. The van der Waals surface area contributed by atoms with Gasteiger partial charge in [-0.25, -0.2) is 13.2 Å². The Balaban J connectivity index is 0.00000420. The van der Waals surface area contributed by atoms with E-state index in [1.807, 2.05) is 0 Å². The summed E-state index contributed by atoms with van der Waals surface area (Å²) in [7, 11) is 1.55. The summed E-state index contributed by atoms with van der Waals surface area (Å²) in [5.74, 6) is -4.62. The lowest BCUT2D eigenvalue weighted by molar-refractivity contribution is -0.115. The molecule has 0 aliphatic heterocycles. The number of rotatable bonds is 7. The average Bonchev–Trinajstić information content (AvgIpc) is 2.97. The molecule has 1 aromatic carbocycles. The molecule has 1 saturated carbocycles. The summed E-state index contributed by atoms with van der Waals surface area (Å²) in [6, 6.07) is 1.71. The summed E-state index contributed by atoms with van der Waals surface area (Å²) in [4.78, 5) is 15.9. The van der Waals surface area contributed by atoms with E-state index in [1.165, 1.54) is 25.7 Å². The fourth-order valence-corrected chi connectivity index (χ4v) is 3.01. The Morgan fingerprint density at radius 1 is 1.10 bits per heavy atom. The number of carbonyl (C=O) groups excluding carboxylic acids is 1. The number of hydrogen-bond donors (Lipinski definition) is 3. The van der Waals surface area contributed by atoms with Crippen molar-refractivity contribution >= 4 is 41.5 Å². The van der Waals surface area contributed by atoms with Crippen LogP contribution in [0.1, 0.15) is 38.5 Å². The zero-order chi connectivity index (χ0) is 20.4. The molecule has 1 fully saturated rings. The molecule has 10 heteroatoms. The van der Waals surface area contributed by atoms with Crippen molar-refractivity contribution in [1.29, 1.82) is 0 Å². The third kappa shape index (κ3) is 8.77. The molecule has 0 unspecified atom stereocenters. The number of nitrogens with zero attached hydrogens (tertiary/aromatic N) is 1. The maximum atomic E-state index is 13.6. The first kappa shape index (κ1) is 25.5. The second-order valence-corrected chi connectivity index (χ2v) is 6.61. The first-order chi connectivity index (χ1) is 13.5. The third-order valence-corrected chi connectivity index (χ3v) is 4.50. The van der Waals surface area contributed by atoms with Crippen LogP contribution in [-0.4, -0.2) is 44.7 Å². The SMILES string of the molecule is CN=C(NCCOC1CCCCCC1)NCC(=O)Nc1ccc(F)c(F)c1F.I. The Labute approximate surface area is 186 Å². The van der Waals surface area contributed by atoms with Gasteiger partial charge in [-0.2, -0.15) is 0 Å². The molecule has 0 spiro atoms. The van der Waals surface area contributed by atoms with Crippen molar-refractivity contribution in [1.82, 2.24) is 10.6 Å². The summed E-state index contributed by atoms with van der Waals surface area (Å²) < 4.78 is 45.5. The van der Waals surface area contributed by atoms with Gasteiger partial charge in [-0.3, -0.25) is 9.79 Å². The Hall–Kier alpha value is -1.56. The molecule has 1 aliphatic rings. The molecule has 0 saturated heterocycles. The van der Waals surface area contributed by atoms with Gasteiger partial charge in [0.15, 0.2) is 23.4 Å². The molecule has 3 N–H and O–H groups in total. The van der Waals surface area contributed by atoms with E-state index in [4.69, 9.17) is 4.74 Å². The predicted molar refractivity (Wildman–Crippen MR) is 117 cm³/mol. The van der Waals surface area contributed by atoms with Crippen molar-refractivity contribution < 1.29 is 22.7 Å². The predicted octanol–water partition coefficient (Wildman–Crippen LogP) is 3.56. The smallest absolute Gasteiger partial charge is 0.243 e. The van der Waals surface area contributed by atoms with E-state index in [0.717, 1.165) is 25.0 Å². The number of benzene rings is 1. The largest absolute Gasteiger partial charge is 0.376 e. The normalized spacial score (nSPS) is 15.2. The van der Waals surface area contributed by atoms with Crippen molar-refractivity contribution in [2.45, 2.75) is 44.6 Å². The van der Waals surface area contributed by atoms with Gasteiger partial charge in [0.25, 0.3) is 0 Å². The van der Waals surface area contributed by atoms with Crippen LogP contribution in [-0.2, 0) is 9.53 Å².